The Morgan fingerprint density at radius 1 is 1.73 bits per heavy atom. The van der Waals surface area contributed by atoms with Crippen LogP contribution in [0.4, 0.5) is 5.82 Å². The summed E-state index contributed by atoms with van der Waals surface area (Å²) < 4.78 is 0.973. The first kappa shape index (κ1) is 8.53. The number of aromatic nitrogens is 1. The van der Waals surface area contributed by atoms with E-state index in [2.05, 4.69) is 43.3 Å². The molecule has 1 rings (SSSR count). The van der Waals surface area contributed by atoms with Crippen LogP contribution in [0.5, 0.6) is 0 Å². The third-order valence-corrected chi connectivity index (χ3v) is 2.11. The molecule has 4 heteroatoms. The summed E-state index contributed by atoms with van der Waals surface area (Å²) in [6, 6.07) is 1.84. The van der Waals surface area contributed by atoms with Crippen molar-refractivity contribution < 1.29 is 0 Å². The first-order valence-corrected chi connectivity index (χ1v) is 4.14. The summed E-state index contributed by atoms with van der Waals surface area (Å²) in [6.07, 6.45) is 1.70. The Labute approximate surface area is 78.5 Å². The van der Waals surface area contributed by atoms with E-state index < -0.39 is 0 Å². The van der Waals surface area contributed by atoms with Gasteiger partial charge in [-0.2, -0.15) is 4.99 Å². The Morgan fingerprint density at radius 2 is 2.45 bits per heavy atom. The third-order valence-electron chi connectivity index (χ3n) is 1.19. The van der Waals surface area contributed by atoms with Gasteiger partial charge < -0.3 is 0 Å². The molecule has 0 radical (unpaired) electrons. The van der Waals surface area contributed by atoms with Crippen molar-refractivity contribution in [1.82, 2.24) is 4.98 Å². The highest BCUT2D eigenvalue weighted by molar-refractivity contribution is 9.10. The van der Waals surface area contributed by atoms with Gasteiger partial charge in [0.1, 0.15) is 0 Å². The van der Waals surface area contributed by atoms with Crippen molar-refractivity contribution in [2.45, 2.75) is 6.92 Å². The fourth-order valence-corrected chi connectivity index (χ4v) is 0.943. The van der Waals surface area contributed by atoms with E-state index >= 15 is 0 Å². The molecule has 0 aromatic carbocycles. The molecule has 11 heavy (non-hydrogen) atoms. The summed E-state index contributed by atoms with van der Waals surface area (Å²) in [5.41, 5.74) is 1.09. The topological polar surface area (TPSA) is 25.2 Å². The van der Waals surface area contributed by atoms with Crippen LogP contribution in [-0.2, 0) is 0 Å². The molecular formula is C7H5BrN2S. The van der Waals surface area contributed by atoms with E-state index in [9.17, 15) is 0 Å². The van der Waals surface area contributed by atoms with Crippen LogP contribution in [0, 0.1) is 6.92 Å². The largest absolute Gasteiger partial charge is 0.235 e. The molecule has 56 valence electrons. The molecule has 1 heterocycles. The summed E-state index contributed by atoms with van der Waals surface area (Å²) >= 11 is 7.77. The maximum Gasteiger partial charge on any atom is 0.162 e. The van der Waals surface area contributed by atoms with Crippen LogP contribution >= 0.6 is 28.1 Å². The number of aliphatic imine (C=N–C) groups is 1. The van der Waals surface area contributed by atoms with Gasteiger partial charge in [0.2, 0.25) is 0 Å². The molecule has 0 aliphatic heterocycles. The number of hydrogen-bond acceptors (Lipinski definition) is 3. The summed E-state index contributed by atoms with van der Waals surface area (Å²) in [5.74, 6) is 0.598. The van der Waals surface area contributed by atoms with Gasteiger partial charge in [-0.25, -0.2) is 4.98 Å². The first-order chi connectivity index (χ1) is 5.24. The summed E-state index contributed by atoms with van der Waals surface area (Å²) in [4.78, 5) is 7.73. The number of hydrogen-bond donors (Lipinski definition) is 0. The monoisotopic (exact) mass is 228 g/mol. The minimum absolute atomic E-state index is 0.598. The van der Waals surface area contributed by atoms with Crippen molar-refractivity contribution in [2.75, 3.05) is 0 Å². The number of thiocarbonyl (C=S) groups is 1. The Balaban J connectivity index is 3.14. The quantitative estimate of drug-likeness (QED) is 0.546. The highest BCUT2D eigenvalue weighted by Crippen LogP contribution is 2.18. The number of nitrogens with zero attached hydrogens (tertiary/aromatic N) is 2. The molecule has 0 saturated heterocycles. The van der Waals surface area contributed by atoms with Gasteiger partial charge in [-0.15, -0.1) is 0 Å². The molecule has 0 unspecified atom stereocenters. The van der Waals surface area contributed by atoms with Crippen LogP contribution in [0.1, 0.15) is 5.56 Å². The Bertz CT molecular complexity index is 318. The van der Waals surface area contributed by atoms with Crippen molar-refractivity contribution in [3.63, 3.8) is 0 Å². The maximum atomic E-state index is 4.44. The fourth-order valence-electron chi connectivity index (χ4n) is 0.632. The molecule has 2 nitrogen and oxygen atoms in total. The second-order valence-electron chi connectivity index (χ2n) is 1.99. The fraction of sp³-hybridized carbons (Fsp3) is 0.143. The van der Waals surface area contributed by atoms with E-state index in [1.165, 1.54) is 0 Å². The van der Waals surface area contributed by atoms with Crippen molar-refractivity contribution in [1.29, 1.82) is 0 Å². The van der Waals surface area contributed by atoms with Crippen molar-refractivity contribution in [2.24, 2.45) is 4.99 Å². The molecular weight excluding hydrogens is 224 g/mol. The van der Waals surface area contributed by atoms with Crippen LogP contribution in [0.2, 0.25) is 0 Å². The third kappa shape index (κ3) is 2.19. The second kappa shape index (κ2) is 3.72. The molecule has 0 atom stereocenters. The zero-order chi connectivity index (χ0) is 8.27. The van der Waals surface area contributed by atoms with Crippen LogP contribution in [0.25, 0.3) is 0 Å². The molecule has 1 aromatic heterocycles. The zero-order valence-corrected chi connectivity index (χ0v) is 8.24. The highest BCUT2D eigenvalue weighted by atomic mass is 79.9. The van der Waals surface area contributed by atoms with Gasteiger partial charge in [0, 0.05) is 10.7 Å². The van der Waals surface area contributed by atoms with E-state index in [4.69, 9.17) is 0 Å². The van der Waals surface area contributed by atoms with Gasteiger partial charge in [-0.05, 0) is 46.7 Å². The lowest BCUT2D eigenvalue weighted by molar-refractivity contribution is 1.23. The molecule has 0 aliphatic carbocycles. The molecule has 0 amide bonds. The van der Waals surface area contributed by atoms with E-state index in [-0.39, 0.29) is 0 Å². The van der Waals surface area contributed by atoms with Crippen molar-refractivity contribution in [3.8, 4) is 0 Å². The first-order valence-electron chi connectivity index (χ1n) is 2.94. The molecule has 1 aromatic rings. The Hall–Kier alpha value is -0.570. The lowest BCUT2D eigenvalue weighted by Gasteiger charge is -1.95. The number of halogens is 1. The lowest BCUT2D eigenvalue weighted by Crippen LogP contribution is -1.78. The predicted octanol–water partition coefficient (Wildman–Crippen LogP) is 2.89. The van der Waals surface area contributed by atoms with E-state index in [0.717, 1.165) is 10.0 Å². The van der Waals surface area contributed by atoms with E-state index in [1.54, 1.807) is 6.20 Å². The maximum absolute atomic E-state index is 4.44. The van der Waals surface area contributed by atoms with Gasteiger partial charge in [0.25, 0.3) is 0 Å². The second-order valence-corrected chi connectivity index (χ2v) is 3.03. The summed E-state index contributed by atoms with van der Waals surface area (Å²) in [6.45, 7) is 1.97. The Morgan fingerprint density at radius 3 is 3.00 bits per heavy atom. The number of pyridine rings is 1. The minimum atomic E-state index is 0.598. The predicted molar refractivity (Wildman–Crippen MR) is 51.4 cm³/mol. The summed E-state index contributed by atoms with van der Waals surface area (Å²) in [7, 11) is 0. The standard InChI is InChI=1S/C7H5BrN2S/c1-5-2-7(10-4-11)9-3-6(5)8/h2-3H,1H3. The molecule has 0 aliphatic rings. The molecule has 0 fully saturated rings. The van der Waals surface area contributed by atoms with Crippen LogP contribution < -0.4 is 0 Å². The van der Waals surface area contributed by atoms with Crippen LogP contribution in [0.3, 0.4) is 0 Å². The smallest absolute Gasteiger partial charge is 0.162 e. The highest BCUT2D eigenvalue weighted by Gasteiger charge is 1.95. The average Bonchev–Trinajstić information content (AvgIpc) is 1.98. The summed E-state index contributed by atoms with van der Waals surface area (Å²) in [5, 5.41) is 2.26. The van der Waals surface area contributed by atoms with Crippen molar-refractivity contribution in [3.05, 3.63) is 22.3 Å². The molecule has 0 N–H and O–H groups in total. The average molecular weight is 229 g/mol. The number of rotatable bonds is 1. The molecule has 0 saturated carbocycles. The normalized spacial score (nSPS) is 8.91. The number of isothiocyanates is 1. The minimum Gasteiger partial charge on any atom is -0.235 e. The molecule has 0 spiro atoms. The van der Waals surface area contributed by atoms with Crippen LogP contribution in [0.15, 0.2) is 21.7 Å². The van der Waals surface area contributed by atoms with E-state index in [1.807, 2.05) is 13.0 Å². The van der Waals surface area contributed by atoms with Gasteiger partial charge in [-0.1, -0.05) is 0 Å². The van der Waals surface area contributed by atoms with E-state index in [0.29, 0.717) is 5.82 Å². The SMILES string of the molecule is Cc1cc(N=C=S)ncc1Br. The molecule has 0 bridgehead atoms. The lowest BCUT2D eigenvalue weighted by atomic mass is 10.3. The number of aryl methyl sites for hydroxylation is 1. The Kier molecular flexibility index (Phi) is 2.88. The zero-order valence-electron chi connectivity index (χ0n) is 5.84. The van der Waals surface area contributed by atoms with Crippen LogP contribution in [-0.4, -0.2) is 10.1 Å². The van der Waals surface area contributed by atoms with Crippen molar-refractivity contribution >= 4 is 39.1 Å². The van der Waals surface area contributed by atoms with Gasteiger partial charge in [0.05, 0.1) is 5.16 Å². The van der Waals surface area contributed by atoms with Gasteiger partial charge in [0.15, 0.2) is 5.82 Å². The van der Waals surface area contributed by atoms with Gasteiger partial charge in [-0.3, -0.25) is 0 Å². The van der Waals surface area contributed by atoms with Gasteiger partial charge >= 0.3 is 0 Å².